The molecule has 0 saturated carbocycles. The lowest BCUT2D eigenvalue weighted by Gasteiger charge is -2.20. The quantitative estimate of drug-likeness (QED) is 0.330. The molecule has 0 aliphatic carbocycles. The zero-order chi connectivity index (χ0) is 23.5. The molecular weight excluding hydrogens is 429 g/mol. The minimum Gasteiger partial charge on any atom is -0.410 e. The Morgan fingerprint density at radius 1 is 0.909 bits per heavy atom. The van der Waals surface area contributed by atoms with Gasteiger partial charge in [0.05, 0.1) is 0 Å². The van der Waals surface area contributed by atoms with Crippen molar-refractivity contribution in [2.45, 2.75) is 20.4 Å². The molecule has 0 radical (unpaired) electrons. The molecule has 3 aromatic carbocycles. The second-order valence-corrected chi connectivity index (χ2v) is 7.61. The van der Waals surface area contributed by atoms with Crippen LogP contribution < -0.4 is 4.74 Å². The van der Waals surface area contributed by atoms with E-state index in [1.165, 1.54) is 24.3 Å². The van der Waals surface area contributed by atoms with Crippen molar-refractivity contribution < 1.29 is 22.7 Å². The lowest BCUT2D eigenvalue weighted by molar-refractivity contribution is 0.157. The summed E-state index contributed by atoms with van der Waals surface area (Å²) in [6, 6.07) is 15.1. The minimum atomic E-state index is -0.901. The van der Waals surface area contributed by atoms with Crippen molar-refractivity contribution in [3.63, 3.8) is 0 Å². The van der Waals surface area contributed by atoms with E-state index in [0.717, 1.165) is 17.0 Å². The first-order chi connectivity index (χ1) is 15.9. The van der Waals surface area contributed by atoms with Gasteiger partial charge in [0.2, 0.25) is 0 Å². The molecule has 1 amide bonds. The molecule has 0 spiro atoms. The Bertz CT molecular complexity index is 1300. The van der Waals surface area contributed by atoms with E-state index < -0.39 is 17.7 Å². The van der Waals surface area contributed by atoms with Crippen molar-refractivity contribution in [3.8, 4) is 16.9 Å². The van der Waals surface area contributed by atoms with Gasteiger partial charge in [0.25, 0.3) is 0 Å². The van der Waals surface area contributed by atoms with Crippen molar-refractivity contribution in [1.29, 1.82) is 0 Å². The summed E-state index contributed by atoms with van der Waals surface area (Å²) >= 11 is 0. The molecule has 0 bridgehead atoms. The van der Waals surface area contributed by atoms with Crippen molar-refractivity contribution in [2.24, 2.45) is 0 Å². The highest BCUT2D eigenvalue weighted by molar-refractivity contribution is 5.99. The van der Waals surface area contributed by atoms with Crippen LogP contribution in [-0.4, -0.2) is 28.6 Å². The monoisotopic (exact) mass is 452 g/mol. The van der Waals surface area contributed by atoms with Gasteiger partial charge in [-0.3, -0.25) is 0 Å². The lowest BCUT2D eigenvalue weighted by Crippen LogP contribution is -2.33. The molecule has 0 N–H and O–H groups in total. The van der Waals surface area contributed by atoms with Crippen LogP contribution in [0.5, 0.6) is 5.75 Å². The Hall–Kier alpha value is -3.74. The third-order valence-electron chi connectivity index (χ3n) is 5.60. The first-order valence-corrected chi connectivity index (χ1v) is 10.7. The van der Waals surface area contributed by atoms with Crippen molar-refractivity contribution >= 4 is 17.0 Å². The van der Waals surface area contributed by atoms with Gasteiger partial charge < -0.3 is 14.2 Å². The Balaban J connectivity index is 1.80. The largest absolute Gasteiger partial charge is 0.415 e. The molecule has 0 saturated heterocycles. The minimum absolute atomic E-state index is 0.322. The molecule has 0 fully saturated rings. The third kappa shape index (κ3) is 4.58. The van der Waals surface area contributed by atoms with Gasteiger partial charge in [0.1, 0.15) is 11.6 Å². The molecule has 0 aliphatic heterocycles. The second-order valence-electron chi connectivity index (χ2n) is 7.61. The number of nitrogens with zero attached hydrogens (tertiary/aromatic N) is 2. The number of benzene rings is 3. The van der Waals surface area contributed by atoms with Gasteiger partial charge in [-0.05, 0) is 67.4 Å². The van der Waals surface area contributed by atoms with Crippen molar-refractivity contribution in [3.05, 3.63) is 89.9 Å². The summed E-state index contributed by atoms with van der Waals surface area (Å²) in [6.45, 7) is 5.07. The highest BCUT2D eigenvalue weighted by Crippen LogP contribution is 2.38. The number of carbonyl (C=O) groups is 1. The van der Waals surface area contributed by atoms with E-state index in [2.05, 4.69) is 0 Å². The Kier molecular flexibility index (Phi) is 6.40. The molecule has 0 unspecified atom stereocenters. The summed E-state index contributed by atoms with van der Waals surface area (Å²) in [5, 5.41) is 0.786. The Morgan fingerprint density at radius 3 is 2.30 bits per heavy atom. The maximum Gasteiger partial charge on any atom is 0.415 e. The number of carbonyl (C=O) groups excluding carboxylic acids is 1. The average Bonchev–Trinajstić information content (AvgIpc) is 3.20. The summed E-state index contributed by atoms with van der Waals surface area (Å²) in [4.78, 5) is 14.2. The smallest absolute Gasteiger partial charge is 0.410 e. The highest BCUT2D eigenvalue weighted by atomic mass is 19.2. The second kappa shape index (κ2) is 9.40. The fourth-order valence-electron chi connectivity index (χ4n) is 3.86. The highest BCUT2D eigenvalue weighted by Gasteiger charge is 2.19. The molecule has 4 aromatic rings. The predicted octanol–water partition coefficient (Wildman–Crippen LogP) is 6.61. The van der Waals surface area contributed by atoms with E-state index in [-0.39, 0.29) is 5.82 Å². The topological polar surface area (TPSA) is 34.5 Å². The van der Waals surface area contributed by atoms with Gasteiger partial charge in [-0.1, -0.05) is 18.2 Å². The van der Waals surface area contributed by atoms with Gasteiger partial charge in [0, 0.05) is 42.3 Å². The molecular formula is C26H23F3N2O2. The van der Waals surface area contributed by atoms with E-state index >= 15 is 0 Å². The van der Waals surface area contributed by atoms with E-state index in [1.54, 1.807) is 23.1 Å². The number of rotatable bonds is 6. The maximum absolute atomic E-state index is 13.7. The molecule has 0 atom stereocenters. The number of fused-ring (bicyclic) bond motifs is 1. The van der Waals surface area contributed by atoms with Crippen molar-refractivity contribution in [1.82, 2.24) is 9.47 Å². The lowest BCUT2D eigenvalue weighted by atomic mass is 10.0. The summed E-state index contributed by atoms with van der Waals surface area (Å²) in [6.07, 6.45) is 1.36. The molecule has 4 nitrogen and oxygen atoms in total. The molecule has 170 valence electrons. The number of aromatic nitrogens is 1. The first kappa shape index (κ1) is 22.5. The van der Waals surface area contributed by atoms with Crippen LogP contribution in [0.25, 0.3) is 22.0 Å². The first-order valence-electron chi connectivity index (χ1n) is 10.7. The molecule has 0 aliphatic rings. The zero-order valence-corrected chi connectivity index (χ0v) is 18.3. The number of hydrogen-bond donors (Lipinski definition) is 0. The summed E-state index contributed by atoms with van der Waals surface area (Å²) < 4.78 is 48.2. The van der Waals surface area contributed by atoms with Gasteiger partial charge in [-0.25, -0.2) is 18.0 Å². The van der Waals surface area contributed by atoms with E-state index in [1.807, 2.05) is 36.7 Å². The third-order valence-corrected chi connectivity index (χ3v) is 5.60. The average molecular weight is 452 g/mol. The van der Waals surface area contributed by atoms with Crippen LogP contribution in [-0.2, 0) is 6.54 Å². The standard InChI is InChI=1S/C26H23F3N2O2/c1-3-30(4-2)26(32)33-24-12-11-23-20(25(24)18-6-8-19(27)9-7-18)13-14-31(23)16-17-5-10-21(28)22(29)15-17/h5-15H,3-4,16H2,1-2H3. The van der Waals surface area contributed by atoms with Crippen LogP contribution in [0.1, 0.15) is 19.4 Å². The summed E-state index contributed by atoms with van der Waals surface area (Å²) in [7, 11) is 0. The summed E-state index contributed by atoms with van der Waals surface area (Å²) in [5.41, 5.74) is 2.75. The fraction of sp³-hybridized carbons (Fsp3) is 0.192. The van der Waals surface area contributed by atoms with Crippen LogP contribution in [0.3, 0.4) is 0 Å². The van der Waals surface area contributed by atoms with Gasteiger partial charge in [0.15, 0.2) is 11.6 Å². The normalized spacial score (nSPS) is 11.1. The molecule has 4 rings (SSSR count). The number of amides is 1. The van der Waals surface area contributed by atoms with Gasteiger partial charge in [-0.2, -0.15) is 0 Å². The summed E-state index contributed by atoms with van der Waals surface area (Å²) in [5.74, 6) is -1.81. The van der Waals surface area contributed by atoms with Gasteiger partial charge >= 0.3 is 6.09 Å². The Labute approximate surface area is 189 Å². The number of ether oxygens (including phenoxy) is 1. The molecule has 1 heterocycles. The number of halogens is 3. The molecule has 33 heavy (non-hydrogen) atoms. The van der Waals surface area contributed by atoms with E-state index in [0.29, 0.717) is 42.1 Å². The zero-order valence-electron chi connectivity index (χ0n) is 18.3. The van der Waals surface area contributed by atoms with Crippen LogP contribution in [0.15, 0.2) is 66.9 Å². The van der Waals surface area contributed by atoms with Crippen LogP contribution >= 0.6 is 0 Å². The van der Waals surface area contributed by atoms with Crippen LogP contribution in [0, 0.1) is 17.5 Å². The van der Waals surface area contributed by atoms with Crippen LogP contribution in [0.4, 0.5) is 18.0 Å². The van der Waals surface area contributed by atoms with E-state index in [9.17, 15) is 18.0 Å². The van der Waals surface area contributed by atoms with E-state index in [4.69, 9.17) is 4.74 Å². The fourth-order valence-corrected chi connectivity index (χ4v) is 3.86. The molecule has 7 heteroatoms. The van der Waals surface area contributed by atoms with Gasteiger partial charge in [-0.15, -0.1) is 0 Å². The Morgan fingerprint density at radius 2 is 1.64 bits per heavy atom. The van der Waals surface area contributed by atoms with Crippen molar-refractivity contribution in [2.75, 3.05) is 13.1 Å². The number of hydrogen-bond acceptors (Lipinski definition) is 2. The molecule has 1 aromatic heterocycles. The predicted molar refractivity (Wildman–Crippen MR) is 122 cm³/mol. The SMILES string of the molecule is CCN(CC)C(=O)Oc1ccc2c(ccn2Cc2ccc(F)c(F)c2)c1-c1ccc(F)cc1. The maximum atomic E-state index is 13.7. The van der Waals surface area contributed by atoms with Crippen LogP contribution in [0.2, 0.25) is 0 Å².